The van der Waals surface area contributed by atoms with Crippen LogP contribution in [0.5, 0.6) is 0 Å². The van der Waals surface area contributed by atoms with E-state index in [9.17, 15) is 14.7 Å². The van der Waals surface area contributed by atoms with E-state index in [1.807, 2.05) is 68.5 Å². The third-order valence-electron chi connectivity index (χ3n) is 6.71. The molecule has 1 atom stereocenters. The molecule has 4 rings (SSSR count). The number of amides is 1. The molecule has 0 bridgehead atoms. The van der Waals surface area contributed by atoms with E-state index in [0.717, 1.165) is 17.7 Å². The third-order valence-corrected chi connectivity index (χ3v) is 6.71. The molecule has 1 amide bonds. The second-order valence-electron chi connectivity index (χ2n) is 9.90. The topological polar surface area (TPSA) is 78.1 Å². The Labute approximate surface area is 206 Å². The number of imidazole rings is 1. The number of rotatable bonds is 7. The van der Waals surface area contributed by atoms with Crippen molar-refractivity contribution < 1.29 is 14.7 Å². The minimum absolute atomic E-state index is 0.114. The summed E-state index contributed by atoms with van der Waals surface area (Å²) >= 11 is 0. The van der Waals surface area contributed by atoms with Gasteiger partial charge in [-0.2, -0.15) is 0 Å². The lowest BCUT2D eigenvalue weighted by Gasteiger charge is -2.26. The molecule has 1 aliphatic heterocycles. The number of hydrogen-bond donors (Lipinski definition) is 1. The molecule has 1 fully saturated rings. The zero-order valence-electron chi connectivity index (χ0n) is 21.4. The van der Waals surface area contributed by atoms with Crippen molar-refractivity contribution in [3.8, 4) is 0 Å². The third kappa shape index (κ3) is 4.48. The number of aryl methyl sites for hydroxylation is 2. The summed E-state index contributed by atoms with van der Waals surface area (Å²) in [5.41, 5.74) is 4.81. The molecule has 7 nitrogen and oxygen atoms in total. The van der Waals surface area contributed by atoms with Gasteiger partial charge in [0.2, 0.25) is 0 Å². The minimum atomic E-state index is -0.660. The molecule has 0 saturated carbocycles. The second kappa shape index (κ2) is 9.66. The van der Waals surface area contributed by atoms with Crippen LogP contribution in [0, 0.1) is 13.8 Å². The number of pyridine rings is 1. The van der Waals surface area contributed by atoms with Gasteiger partial charge < -0.3 is 14.9 Å². The maximum Gasteiger partial charge on any atom is 0.295 e. The first-order chi connectivity index (χ1) is 16.6. The fraction of sp³-hybridized carbons (Fsp3) is 0.393. The van der Waals surface area contributed by atoms with E-state index in [2.05, 4.69) is 18.8 Å². The van der Waals surface area contributed by atoms with Crippen LogP contribution in [-0.4, -0.2) is 63.2 Å². The van der Waals surface area contributed by atoms with Gasteiger partial charge in [0, 0.05) is 12.7 Å². The average molecular weight is 475 g/mol. The molecule has 0 aliphatic carbocycles. The van der Waals surface area contributed by atoms with E-state index in [-0.39, 0.29) is 11.3 Å². The Kier molecular flexibility index (Phi) is 6.81. The Morgan fingerprint density at radius 1 is 1.11 bits per heavy atom. The van der Waals surface area contributed by atoms with E-state index in [0.29, 0.717) is 35.9 Å². The molecule has 3 heterocycles. The van der Waals surface area contributed by atoms with Crippen LogP contribution in [0.1, 0.15) is 60.3 Å². The van der Waals surface area contributed by atoms with Gasteiger partial charge in [-0.15, -0.1) is 0 Å². The smallest absolute Gasteiger partial charge is 0.295 e. The standard InChI is InChI=1S/C28H34N4O3/c1-17(2)20-10-12-21(13-11-20)24-22(26(34)28(35)32(24)16-8-14-30(5)6)25(33)23-19(4)29-27-18(3)9-7-15-31(23)27/h7,9-13,15,17,24,33H,8,14,16H2,1-6H3/t24-/m1/s1. The van der Waals surface area contributed by atoms with Gasteiger partial charge in [0.15, 0.2) is 5.76 Å². The predicted molar refractivity (Wildman–Crippen MR) is 137 cm³/mol. The normalized spacial score (nSPS) is 17.9. The molecular formula is C28H34N4O3. The molecule has 1 aliphatic rings. The number of aromatic nitrogens is 2. The first-order valence-corrected chi connectivity index (χ1v) is 12.1. The summed E-state index contributed by atoms with van der Waals surface area (Å²) in [5.74, 6) is -1.07. The van der Waals surface area contributed by atoms with Crippen molar-refractivity contribution in [1.29, 1.82) is 0 Å². The molecule has 0 unspecified atom stereocenters. The Morgan fingerprint density at radius 2 is 1.80 bits per heavy atom. The van der Waals surface area contributed by atoms with Crippen LogP contribution in [-0.2, 0) is 9.59 Å². The van der Waals surface area contributed by atoms with Gasteiger partial charge in [-0.1, -0.05) is 44.2 Å². The maximum absolute atomic E-state index is 13.4. The van der Waals surface area contributed by atoms with Gasteiger partial charge in [0.25, 0.3) is 11.7 Å². The lowest BCUT2D eigenvalue weighted by Crippen LogP contribution is -2.32. The number of nitrogens with zero attached hydrogens (tertiary/aromatic N) is 4. The highest BCUT2D eigenvalue weighted by Crippen LogP contribution is 2.40. The molecule has 2 aromatic heterocycles. The molecule has 0 spiro atoms. The number of likely N-dealkylation sites (tertiary alicyclic amines) is 1. The Morgan fingerprint density at radius 3 is 2.43 bits per heavy atom. The summed E-state index contributed by atoms with van der Waals surface area (Å²) in [6.45, 7) is 9.21. The lowest BCUT2D eigenvalue weighted by atomic mass is 9.93. The maximum atomic E-state index is 13.4. The zero-order valence-corrected chi connectivity index (χ0v) is 21.4. The second-order valence-corrected chi connectivity index (χ2v) is 9.90. The van der Waals surface area contributed by atoms with Crippen molar-refractivity contribution in [2.24, 2.45) is 0 Å². The Hall–Kier alpha value is -3.45. The van der Waals surface area contributed by atoms with E-state index in [1.165, 1.54) is 5.56 Å². The number of fused-ring (bicyclic) bond motifs is 1. The number of Topliss-reactive ketones (excluding diaryl/α,β-unsaturated/α-hetero) is 1. The molecular weight excluding hydrogens is 440 g/mol. The molecule has 1 aromatic carbocycles. The van der Waals surface area contributed by atoms with Crippen molar-refractivity contribution >= 4 is 23.1 Å². The Bertz CT molecular complexity index is 1300. The summed E-state index contributed by atoms with van der Waals surface area (Å²) in [7, 11) is 3.96. The first kappa shape index (κ1) is 24.7. The minimum Gasteiger partial charge on any atom is -0.505 e. The van der Waals surface area contributed by atoms with Crippen LogP contribution in [0.15, 0.2) is 48.2 Å². The molecule has 0 radical (unpaired) electrons. The van der Waals surface area contributed by atoms with Crippen LogP contribution in [0.25, 0.3) is 11.4 Å². The largest absolute Gasteiger partial charge is 0.505 e. The average Bonchev–Trinajstić information content (AvgIpc) is 3.28. The quantitative estimate of drug-likeness (QED) is 0.311. The molecule has 1 saturated heterocycles. The fourth-order valence-electron chi connectivity index (χ4n) is 4.81. The highest BCUT2D eigenvalue weighted by Gasteiger charge is 2.46. The zero-order chi connectivity index (χ0) is 25.4. The van der Waals surface area contributed by atoms with Gasteiger partial charge in [-0.05, 0) is 69.6 Å². The van der Waals surface area contributed by atoms with Crippen molar-refractivity contribution in [3.05, 3.63) is 76.2 Å². The number of carbonyl (C=O) groups is 2. The van der Waals surface area contributed by atoms with E-state index in [4.69, 9.17) is 0 Å². The SMILES string of the molecule is Cc1nc2c(C)cccn2c1C(O)=C1C(=O)C(=O)N(CCCN(C)C)[C@@H]1c1ccc(C(C)C)cc1. The van der Waals surface area contributed by atoms with Crippen LogP contribution in [0.4, 0.5) is 0 Å². The first-order valence-electron chi connectivity index (χ1n) is 12.1. The number of ketones is 1. The van der Waals surface area contributed by atoms with Crippen LogP contribution >= 0.6 is 0 Å². The Balaban J connectivity index is 1.88. The number of aliphatic hydroxyl groups excluding tert-OH is 1. The van der Waals surface area contributed by atoms with Gasteiger partial charge in [0.05, 0.1) is 17.3 Å². The highest BCUT2D eigenvalue weighted by molar-refractivity contribution is 6.46. The van der Waals surface area contributed by atoms with Gasteiger partial charge in [-0.3, -0.25) is 14.0 Å². The van der Waals surface area contributed by atoms with Crippen LogP contribution < -0.4 is 0 Å². The highest BCUT2D eigenvalue weighted by atomic mass is 16.3. The van der Waals surface area contributed by atoms with Crippen LogP contribution in [0.3, 0.4) is 0 Å². The molecule has 35 heavy (non-hydrogen) atoms. The van der Waals surface area contributed by atoms with E-state index >= 15 is 0 Å². The van der Waals surface area contributed by atoms with Crippen LogP contribution in [0.2, 0.25) is 0 Å². The molecule has 7 heteroatoms. The van der Waals surface area contributed by atoms with Gasteiger partial charge in [-0.25, -0.2) is 4.98 Å². The van der Waals surface area contributed by atoms with Crippen molar-refractivity contribution in [2.45, 2.75) is 46.1 Å². The van der Waals surface area contributed by atoms with E-state index < -0.39 is 17.7 Å². The number of benzene rings is 1. The molecule has 1 N–H and O–H groups in total. The summed E-state index contributed by atoms with van der Waals surface area (Å²) in [5, 5.41) is 11.6. The van der Waals surface area contributed by atoms with E-state index in [1.54, 1.807) is 16.2 Å². The van der Waals surface area contributed by atoms with Gasteiger partial charge >= 0.3 is 0 Å². The summed E-state index contributed by atoms with van der Waals surface area (Å²) in [6.07, 6.45) is 2.53. The fourth-order valence-corrected chi connectivity index (χ4v) is 4.81. The number of aliphatic hydroxyl groups is 1. The number of carbonyl (C=O) groups excluding carboxylic acids is 2. The summed E-state index contributed by atoms with van der Waals surface area (Å²) in [4.78, 5) is 34.9. The van der Waals surface area contributed by atoms with Crippen molar-refractivity contribution in [2.75, 3.05) is 27.2 Å². The summed E-state index contributed by atoms with van der Waals surface area (Å²) in [6, 6.07) is 11.2. The number of hydrogen-bond acceptors (Lipinski definition) is 5. The molecule has 3 aromatic rings. The predicted octanol–water partition coefficient (Wildman–Crippen LogP) is 4.45. The van der Waals surface area contributed by atoms with Gasteiger partial charge in [0.1, 0.15) is 11.3 Å². The molecule has 184 valence electrons. The van der Waals surface area contributed by atoms with Crippen molar-refractivity contribution in [3.63, 3.8) is 0 Å². The monoisotopic (exact) mass is 474 g/mol. The van der Waals surface area contributed by atoms with Crippen molar-refractivity contribution in [1.82, 2.24) is 19.2 Å². The summed E-state index contributed by atoms with van der Waals surface area (Å²) < 4.78 is 1.79. The lowest BCUT2D eigenvalue weighted by molar-refractivity contribution is -0.139.